The van der Waals surface area contributed by atoms with Crippen molar-refractivity contribution in [3.8, 4) is 0 Å². The lowest BCUT2D eigenvalue weighted by atomic mass is 10.2. The number of nitrogens with one attached hydrogen (secondary N) is 3. The van der Waals surface area contributed by atoms with Crippen LogP contribution in [-0.2, 0) is 11.3 Å². The van der Waals surface area contributed by atoms with Gasteiger partial charge >= 0.3 is 6.03 Å². The van der Waals surface area contributed by atoms with E-state index in [0.29, 0.717) is 13.1 Å². The van der Waals surface area contributed by atoms with E-state index in [2.05, 4.69) is 25.8 Å². The lowest BCUT2D eigenvalue weighted by Crippen LogP contribution is -2.38. The van der Waals surface area contributed by atoms with Gasteiger partial charge in [0.05, 0.1) is 0 Å². The van der Waals surface area contributed by atoms with E-state index < -0.39 is 0 Å². The van der Waals surface area contributed by atoms with Gasteiger partial charge in [0, 0.05) is 44.8 Å². The summed E-state index contributed by atoms with van der Waals surface area (Å²) in [4.78, 5) is 30.2. The molecular formula is C19H31N5O2. The first-order valence-corrected chi connectivity index (χ1v) is 9.55. The van der Waals surface area contributed by atoms with Crippen molar-refractivity contribution in [3.63, 3.8) is 0 Å². The summed E-state index contributed by atoms with van der Waals surface area (Å²) in [6.45, 7) is 6.68. The van der Waals surface area contributed by atoms with Crippen LogP contribution in [0.2, 0.25) is 0 Å². The third-order valence-electron chi connectivity index (χ3n) is 4.28. The van der Waals surface area contributed by atoms with Gasteiger partial charge in [-0.2, -0.15) is 0 Å². The van der Waals surface area contributed by atoms with Crippen molar-refractivity contribution < 1.29 is 9.59 Å². The molecule has 7 nitrogen and oxygen atoms in total. The third-order valence-corrected chi connectivity index (χ3v) is 4.28. The van der Waals surface area contributed by atoms with Gasteiger partial charge in [-0.25, -0.2) is 9.78 Å². The number of urea groups is 1. The van der Waals surface area contributed by atoms with E-state index >= 15 is 0 Å². The van der Waals surface area contributed by atoms with Gasteiger partial charge < -0.3 is 20.9 Å². The number of hydrogen-bond donors (Lipinski definition) is 3. The van der Waals surface area contributed by atoms with Gasteiger partial charge in [-0.05, 0) is 38.3 Å². The molecule has 26 heavy (non-hydrogen) atoms. The number of pyridine rings is 1. The number of rotatable bonds is 7. The average molecular weight is 361 g/mol. The summed E-state index contributed by atoms with van der Waals surface area (Å²) in [5.41, 5.74) is 0.955. The van der Waals surface area contributed by atoms with Crippen molar-refractivity contribution in [3.05, 3.63) is 23.9 Å². The van der Waals surface area contributed by atoms with Crippen LogP contribution in [0.5, 0.6) is 0 Å². The van der Waals surface area contributed by atoms with E-state index in [1.165, 1.54) is 25.7 Å². The molecule has 0 radical (unpaired) electrons. The van der Waals surface area contributed by atoms with Crippen molar-refractivity contribution in [2.75, 3.05) is 24.5 Å². The second-order valence-corrected chi connectivity index (χ2v) is 7.01. The van der Waals surface area contributed by atoms with Crippen LogP contribution in [0.15, 0.2) is 18.3 Å². The molecule has 2 heterocycles. The van der Waals surface area contributed by atoms with Crippen LogP contribution in [0.4, 0.5) is 10.6 Å². The molecule has 7 heteroatoms. The molecule has 1 saturated heterocycles. The number of anilines is 1. The first kappa shape index (κ1) is 20.0. The molecular weight excluding hydrogens is 330 g/mol. The third kappa shape index (κ3) is 7.29. The van der Waals surface area contributed by atoms with E-state index in [0.717, 1.165) is 24.5 Å². The Morgan fingerprint density at radius 3 is 2.46 bits per heavy atom. The minimum Gasteiger partial charge on any atom is -0.357 e. The summed E-state index contributed by atoms with van der Waals surface area (Å²) in [6, 6.07) is 3.86. The number of nitrogens with zero attached hydrogens (tertiary/aromatic N) is 2. The van der Waals surface area contributed by atoms with Gasteiger partial charge in [0.15, 0.2) is 0 Å². The van der Waals surface area contributed by atoms with Gasteiger partial charge in [0.25, 0.3) is 0 Å². The van der Waals surface area contributed by atoms with Gasteiger partial charge in [0.2, 0.25) is 5.91 Å². The highest BCUT2D eigenvalue weighted by Gasteiger charge is 2.11. The smallest absolute Gasteiger partial charge is 0.315 e. The zero-order chi connectivity index (χ0) is 18.8. The van der Waals surface area contributed by atoms with Crippen molar-refractivity contribution in [2.24, 2.45) is 0 Å². The highest BCUT2D eigenvalue weighted by molar-refractivity contribution is 5.78. The standard InChI is InChI=1S/C19H31N5O2/c1-15(2)23-18(25)9-10-20-19(26)22-14-16-7-8-17(21-13-16)24-11-5-3-4-6-12-24/h7-8,13,15H,3-6,9-12,14H2,1-2H3,(H,23,25)(H2,20,22,26). The monoisotopic (exact) mass is 361 g/mol. The number of aromatic nitrogens is 1. The summed E-state index contributed by atoms with van der Waals surface area (Å²) in [5, 5.41) is 8.26. The van der Waals surface area contributed by atoms with Crippen molar-refractivity contribution >= 4 is 17.8 Å². The van der Waals surface area contributed by atoms with Gasteiger partial charge in [-0.3, -0.25) is 4.79 Å². The number of carbonyl (C=O) groups is 2. The maximum Gasteiger partial charge on any atom is 0.315 e. The molecule has 1 fully saturated rings. The zero-order valence-electron chi connectivity index (χ0n) is 15.9. The Kier molecular flexibility index (Phi) is 8.18. The molecule has 1 aliphatic heterocycles. The summed E-state index contributed by atoms with van der Waals surface area (Å²) >= 11 is 0. The van der Waals surface area contributed by atoms with Gasteiger partial charge in [-0.15, -0.1) is 0 Å². The first-order chi connectivity index (χ1) is 12.5. The molecule has 0 spiro atoms. The van der Waals surface area contributed by atoms with Crippen molar-refractivity contribution in [1.82, 2.24) is 20.9 Å². The highest BCUT2D eigenvalue weighted by atomic mass is 16.2. The fraction of sp³-hybridized carbons (Fsp3) is 0.632. The number of hydrogen-bond acceptors (Lipinski definition) is 4. The molecule has 0 aliphatic carbocycles. The number of carbonyl (C=O) groups excluding carboxylic acids is 2. The molecule has 0 saturated carbocycles. The van der Waals surface area contributed by atoms with Crippen LogP contribution in [-0.4, -0.2) is 42.6 Å². The molecule has 3 N–H and O–H groups in total. The fourth-order valence-electron chi connectivity index (χ4n) is 2.94. The maximum absolute atomic E-state index is 11.8. The zero-order valence-corrected chi connectivity index (χ0v) is 15.9. The van der Waals surface area contributed by atoms with Gasteiger partial charge in [-0.1, -0.05) is 18.9 Å². The Hall–Kier alpha value is -2.31. The Bertz CT molecular complexity index is 566. The van der Waals surface area contributed by atoms with Crippen molar-refractivity contribution in [1.29, 1.82) is 0 Å². The Labute approximate surface area is 155 Å². The fourth-order valence-corrected chi connectivity index (χ4v) is 2.94. The van der Waals surface area contributed by atoms with E-state index in [4.69, 9.17) is 0 Å². The summed E-state index contributed by atoms with van der Waals surface area (Å²) in [6.07, 6.45) is 7.13. The topological polar surface area (TPSA) is 86.4 Å². The average Bonchev–Trinajstić information content (AvgIpc) is 2.89. The SMILES string of the molecule is CC(C)NC(=O)CCNC(=O)NCc1ccc(N2CCCCCC2)nc1. The summed E-state index contributed by atoms with van der Waals surface area (Å²) < 4.78 is 0. The lowest BCUT2D eigenvalue weighted by molar-refractivity contribution is -0.121. The predicted molar refractivity (Wildman–Crippen MR) is 103 cm³/mol. The summed E-state index contributed by atoms with van der Waals surface area (Å²) in [7, 11) is 0. The molecule has 2 rings (SSSR count). The van der Waals surface area contributed by atoms with Crippen LogP contribution in [0.3, 0.4) is 0 Å². The largest absolute Gasteiger partial charge is 0.357 e. The highest BCUT2D eigenvalue weighted by Crippen LogP contribution is 2.17. The second-order valence-electron chi connectivity index (χ2n) is 7.01. The summed E-state index contributed by atoms with van der Waals surface area (Å²) in [5.74, 6) is 0.949. The quantitative estimate of drug-likeness (QED) is 0.695. The van der Waals surface area contributed by atoms with Crippen LogP contribution in [0.1, 0.15) is 51.5 Å². The van der Waals surface area contributed by atoms with E-state index in [1.54, 1.807) is 0 Å². The van der Waals surface area contributed by atoms with Crippen LogP contribution < -0.4 is 20.9 Å². The molecule has 0 aromatic carbocycles. The van der Waals surface area contributed by atoms with Crippen LogP contribution >= 0.6 is 0 Å². The predicted octanol–water partition coefficient (Wildman–Crippen LogP) is 2.18. The molecule has 1 aliphatic rings. The van der Waals surface area contributed by atoms with E-state index in [-0.39, 0.29) is 24.4 Å². The molecule has 1 aromatic heterocycles. The normalized spacial score (nSPS) is 14.7. The van der Waals surface area contributed by atoms with Gasteiger partial charge in [0.1, 0.15) is 5.82 Å². The lowest BCUT2D eigenvalue weighted by Gasteiger charge is -2.21. The van der Waals surface area contributed by atoms with E-state index in [9.17, 15) is 9.59 Å². The second kappa shape index (κ2) is 10.6. The minimum atomic E-state index is -0.279. The Balaban J connectivity index is 1.68. The molecule has 0 bridgehead atoms. The maximum atomic E-state index is 11.8. The molecule has 144 valence electrons. The molecule has 1 aromatic rings. The minimum absolute atomic E-state index is 0.0615. The molecule has 0 atom stereocenters. The van der Waals surface area contributed by atoms with Crippen LogP contribution in [0.25, 0.3) is 0 Å². The Morgan fingerprint density at radius 1 is 1.12 bits per heavy atom. The number of amides is 3. The van der Waals surface area contributed by atoms with Crippen LogP contribution in [0, 0.1) is 0 Å². The van der Waals surface area contributed by atoms with E-state index in [1.807, 2.05) is 32.2 Å². The molecule has 0 unspecified atom stereocenters. The Morgan fingerprint density at radius 2 is 1.85 bits per heavy atom. The first-order valence-electron chi connectivity index (χ1n) is 9.55. The molecule has 3 amide bonds. The van der Waals surface area contributed by atoms with Crippen molar-refractivity contribution in [2.45, 2.75) is 58.5 Å².